The van der Waals surface area contributed by atoms with Crippen molar-refractivity contribution in [2.45, 2.75) is 33.1 Å². The second-order valence-electron chi connectivity index (χ2n) is 6.53. The van der Waals surface area contributed by atoms with Crippen molar-refractivity contribution >= 4 is 5.78 Å². The highest BCUT2D eigenvalue weighted by Crippen LogP contribution is 2.32. The lowest BCUT2D eigenvalue weighted by Crippen LogP contribution is -2.16. The van der Waals surface area contributed by atoms with Gasteiger partial charge < -0.3 is 9.47 Å². The molecule has 0 aliphatic carbocycles. The number of rotatable bonds is 6. The van der Waals surface area contributed by atoms with E-state index in [1.807, 2.05) is 48.5 Å². The number of ether oxygens (including phenoxy) is 2. The molecule has 23 heavy (non-hydrogen) atoms. The second-order valence-corrected chi connectivity index (χ2v) is 6.53. The van der Waals surface area contributed by atoms with E-state index in [2.05, 4.69) is 20.8 Å². The van der Waals surface area contributed by atoms with E-state index in [1.54, 1.807) is 6.92 Å². The van der Waals surface area contributed by atoms with Crippen LogP contribution in [0, 0.1) is 0 Å². The molecule has 0 radical (unpaired) electrons. The fourth-order valence-corrected chi connectivity index (χ4v) is 2.29. The van der Waals surface area contributed by atoms with Crippen LogP contribution in [0.4, 0.5) is 0 Å². The molecule has 0 saturated carbocycles. The van der Waals surface area contributed by atoms with Crippen molar-refractivity contribution < 1.29 is 14.3 Å². The monoisotopic (exact) mass is 312 g/mol. The van der Waals surface area contributed by atoms with Crippen molar-refractivity contribution in [2.75, 3.05) is 13.2 Å². The summed E-state index contributed by atoms with van der Waals surface area (Å²) in [7, 11) is 0. The van der Waals surface area contributed by atoms with Crippen LogP contribution in [-0.2, 0) is 5.41 Å². The predicted molar refractivity (Wildman–Crippen MR) is 92.6 cm³/mol. The van der Waals surface area contributed by atoms with E-state index in [-0.39, 0.29) is 11.2 Å². The van der Waals surface area contributed by atoms with Gasteiger partial charge in [0.1, 0.15) is 24.7 Å². The van der Waals surface area contributed by atoms with Gasteiger partial charge in [0.25, 0.3) is 0 Å². The zero-order chi connectivity index (χ0) is 16.9. The van der Waals surface area contributed by atoms with Gasteiger partial charge in [-0.3, -0.25) is 4.79 Å². The number of Topliss-reactive ketones (excluding diaryl/α,β-unsaturated/α-hetero) is 1. The van der Waals surface area contributed by atoms with Gasteiger partial charge in [-0.2, -0.15) is 0 Å². The molecule has 2 aromatic carbocycles. The van der Waals surface area contributed by atoms with Crippen molar-refractivity contribution in [3.05, 3.63) is 59.7 Å². The predicted octanol–water partition coefficient (Wildman–Crippen LogP) is 4.64. The van der Waals surface area contributed by atoms with Crippen molar-refractivity contribution in [3.63, 3.8) is 0 Å². The summed E-state index contributed by atoms with van der Waals surface area (Å²) in [4.78, 5) is 11.6. The van der Waals surface area contributed by atoms with Gasteiger partial charge in [-0.05, 0) is 42.7 Å². The van der Waals surface area contributed by atoms with Gasteiger partial charge in [-0.15, -0.1) is 0 Å². The summed E-state index contributed by atoms with van der Waals surface area (Å²) in [6.07, 6.45) is 0. The highest BCUT2D eigenvalue weighted by molar-refractivity contribution is 5.94. The lowest BCUT2D eigenvalue weighted by atomic mass is 9.85. The minimum absolute atomic E-state index is 0.0643. The maximum absolute atomic E-state index is 11.6. The van der Waals surface area contributed by atoms with Crippen LogP contribution in [0.1, 0.15) is 43.6 Å². The topological polar surface area (TPSA) is 35.5 Å². The fraction of sp³-hybridized carbons (Fsp3) is 0.350. The lowest BCUT2D eigenvalue weighted by molar-refractivity contribution is 0.101. The van der Waals surface area contributed by atoms with Crippen LogP contribution in [-0.4, -0.2) is 19.0 Å². The number of para-hydroxylation sites is 1. The molecule has 0 bridgehead atoms. The molecule has 0 saturated heterocycles. The maximum Gasteiger partial charge on any atom is 0.159 e. The molecule has 0 aliphatic rings. The van der Waals surface area contributed by atoms with E-state index < -0.39 is 0 Å². The first-order valence-electron chi connectivity index (χ1n) is 7.84. The van der Waals surface area contributed by atoms with E-state index in [0.29, 0.717) is 18.8 Å². The first kappa shape index (κ1) is 17.1. The second kappa shape index (κ2) is 7.32. The highest BCUT2D eigenvalue weighted by atomic mass is 16.5. The van der Waals surface area contributed by atoms with Gasteiger partial charge in [-0.25, -0.2) is 0 Å². The lowest BCUT2D eigenvalue weighted by Gasteiger charge is -2.23. The largest absolute Gasteiger partial charge is 0.490 e. The normalized spacial score (nSPS) is 11.1. The Balaban J connectivity index is 2.03. The average Bonchev–Trinajstić information content (AvgIpc) is 2.51. The van der Waals surface area contributed by atoms with Gasteiger partial charge in [-0.1, -0.05) is 39.0 Å². The van der Waals surface area contributed by atoms with Gasteiger partial charge in [0.2, 0.25) is 0 Å². The van der Waals surface area contributed by atoms with Crippen LogP contribution in [0.15, 0.2) is 48.5 Å². The van der Waals surface area contributed by atoms with Gasteiger partial charge in [0.15, 0.2) is 5.78 Å². The minimum Gasteiger partial charge on any atom is -0.490 e. The minimum atomic E-state index is -0.0962. The van der Waals surface area contributed by atoms with E-state index in [4.69, 9.17) is 9.47 Å². The summed E-state index contributed by atoms with van der Waals surface area (Å²) < 4.78 is 11.5. The molecule has 2 rings (SSSR count). The number of ketones is 1. The summed E-state index contributed by atoms with van der Waals surface area (Å²) >= 11 is 0. The van der Waals surface area contributed by atoms with Crippen LogP contribution in [0.5, 0.6) is 11.5 Å². The molecule has 0 N–H and O–H groups in total. The average molecular weight is 312 g/mol. The number of hydrogen-bond acceptors (Lipinski definition) is 3. The first-order chi connectivity index (χ1) is 10.9. The molecular weight excluding hydrogens is 288 g/mol. The molecule has 0 aliphatic heterocycles. The molecule has 122 valence electrons. The van der Waals surface area contributed by atoms with Crippen molar-refractivity contribution in [3.8, 4) is 11.5 Å². The fourth-order valence-electron chi connectivity index (χ4n) is 2.29. The Morgan fingerprint density at radius 1 is 0.957 bits per heavy atom. The zero-order valence-corrected chi connectivity index (χ0v) is 14.3. The third-order valence-electron chi connectivity index (χ3n) is 3.55. The molecule has 0 atom stereocenters. The van der Waals surface area contributed by atoms with Crippen LogP contribution >= 0.6 is 0 Å². The Bertz CT molecular complexity index is 654. The van der Waals surface area contributed by atoms with E-state index in [9.17, 15) is 4.79 Å². The Kier molecular flexibility index (Phi) is 5.43. The van der Waals surface area contributed by atoms with Crippen LogP contribution in [0.2, 0.25) is 0 Å². The first-order valence-corrected chi connectivity index (χ1v) is 7.84. The molecular formula is C20H24O3. The third-order valence-corrected chi connectivity index (χ3v) is 3.55. The van der Waals surface area contributed by atoms with E-state index in [0.717, 1.165) is 17.1 Å². The number of hydrogen-bond donors (Lipinski definition) is 0. The van der Waals surface area contributed by atoms with Crippen LogP contribution in [0.3, 0.4) is 0 Å². The van der Waals surface area contributed by atoms with Crippen LogP contribution < -0.4 is 9.47 Å². The Morgan fingerprint density at radius 3 is 2.22 bits per heavy atom. The van der Waals surface area contributed by atoms with Crippen LogP contribution in [0.25, 0.3) is 0 Å². The molecule has 3 heteroatoms. The standard InChI is InChI=1S/C20H24O3/c1-15(21)16-10-11-19(18(14-16)20(2,3)4)23-13-12-22-17-8-6-5-7-9-17/h5-11,14H,12-13H2,1-4H3. The molecule has 0 unspecified atom stereocenters. The Hall–Kier alpha value is -2.29. The van der Waals surface area contributed by atoms with Gasteiger partial charge in [0, 0.05) is 11.1 Å². The Morgan fingerprint density at radius 2 is 1.61 bits per heavy atom. The van der Waals surface area contributed by atoms with Crippen molar-refractivity contribution in [1.29, 1.82) is 0 Å². The number of carbonyl (C=O) groups is 1. The Labute approximate surface area is 138 Å². The quantitative estimate of drug-likeness (QED) is 0.575. The highest BCUT2D eigenvalue weighted by Gasteiger charge is 2.20. The SMILES string of the molecule is CC(=O)c1ccc(OCCOc2ccccc2)c(C(C)(C)C)c1. The summed E-state index contributed by atoms with van der Waals surface area (Å²) in [5.41, 5.74) is 1.65. The van der Waals surface area contributed by atoms with Crippen molar-refractivity contribution in [2.24, 2.45) is 0 Å². The molecule has 0 spiro atoms. The van der Waals surface area contributed by atoms with Crippen molar-refractivity contribution in [1.82, 2.24) is 0 Å². The molecule has 0 aromatic heterocycles. The van der Waals surface area contributed by atoms with Gasteiger partial charge in [0.05, 0.1) is 0 Å². The number of carbonyl (C=O) groups excluding carboxylic acids is 1. The third kappa shape index (κ3) is 4.85. The summed E-state index contributed by atoms with van der Waals surface area (Å²) in [5, 5.41) is 0. The number of benzene rings is 2. The summed E-state index contributed by atoms with van der Waals surface area (Å²) in [6.45, 7) is 8.84. The maximum atomic E-state index is 11.6. The molecule has 0 heterocycles. The molecule has 2 aromatic rings. The summed E-state index contributed by atoms with van der Waals surface area (Å²) in [6, 6.07) is 15.3. The summed E-state index contributed by atoms with van der Waals surface area (Å²) in [5.74, 6) is 1.70. The molecule has 0 amide bonds. The zero-order valence-electron chi connectivity index (χ0n) is 14.3. The molecule has 3 nitrogen and oxygen atoms in total. The van der Waals surface area contributed by atoms with E-state index >= 15 is 0 Å². The van der Waals surface area contributed by atoms with Gasteiger partial charge >= 0.3 is 0 Å². The molecule has 0 fully saturated rings. The van der Waals surface area contributed by atoms with E-state index in [1.165, 1.54) is 0 Å². The smallest absolute Gasteiger partial charge is 0.159 e.